The van der Waals surface area contributed by atoms with Gasteiger partial charge in [0.15, 0.2) is 0 Å². The molecule has 1 atom stereocenters. The van der Waals surface area contributed by atoms with Crippen LogP contribution in [-0.4, -0.2) is 15.5 Å². The van der Waals surface area contributed by atoms with Gasteiger partial charge in [0.2, 0.25) is 5.91 Å². The fraction of sp³-hybridized carbons (Fsp3) is 0.176. The number of nitrogens with one attached hydrogen (secondary N) is 1. The molecule has 112 valence electrons. The van der Waals surface area contributed by atoms with Gasteiger partial charge in [-0.05, 0) is 47.0 Å². The smallest absolute Gasteiger partial charge is 0.224 e. The maximum atomic E-state index is 12.0. The van der Waals surface area contributed by atoms with Crippen LogP contribution in [0.2, 0.25) is 0 Å². The van der Waals surface area contributed by atoms with Crippen molar-refractivity contribution in [2.75, 3.05) is 0 Å². The highest BCUT2D eigenvalue weighted by atomic mass is 32.1. The van der Waals surface area contributed by atoms with Gasteiger partial charge in [0.05, 0.1) is 18.8 Å². The number of benzene rings is 1. The van der Waals surface area contributed by atoms with Crippen LogP contribution in [0.3, 0.4) is 0 Å². The summed E-state index contributed by atoms with van der Waals surface area (Å²) in [5, 5.41) is 7.03. The van der Waals surface area contributed by atoms with Crippen molar-refractivity contribution in [3.63, 3.8) is 0 Å². The van der Waals surface area contributed by atoms with Gasteiger partial charge in [0.25, 0.3) is 0 Å². The van der Waals surface area contributed by atoms with E-state index in [1.165, 1.54) is 0 Å². The normalized spacial score (nSPS) is 12.0. The summed E-state index contributed by atoms with van der Waals surface area (Å²) < 4.78 is 1.95. The van der Waals surface area contributed by atoms with E-state index in [0.717, 1.165) is 16.8 Å². The number of hydrogen-bond acceptors (Lipinski definition) is 3. The zero-order valence-corrected chi connectivity index (χ0v) is 13.1. The highest BCUT2D eigenvalue weighted by molar-refractivity contribution is 7.07. The third-order valence-electron chi connectivity index (χ3n) is 3.52. The summed E-state index contributed by atoms with van der Waals surface area (Å²) in [5.74, 6) is 0.0459. The van der Waals surface area contributed by atoms with Crippen molar-refractivity contribution in [2.45, 2.75) is 19.4 Å². The Bertz CT molecular complexity index is 718. The molecule has 3 rings (SSSR count). The average molecular weight is 311 g/mol. The number of hydrogen-bond donors (Lipinski definition) is 1. The van der Waals surface area contributed by atoms with Crippen LogP contribution in [0.4, 0.5) is 0 Å². The SMILES string of the molecule is C[C@H](NC(=O)Cc1ccsc1)c1ccc(-n2ccnc2)cc1. The molecule has 0 aliphatic heterocycles. The lowest BCUT2D eigenvalue weighted by molar-refractivity contribution is -0.121. The Kier molecular flexibility index (Phi) is 4.34. The van der Waals surface area contributed by atoms with Crippen LogP contribution >= 0.6 is 11.3 Å². The van der Waals surface area contributed by atoms with Crippen LogP contribution in [0.25, 0.3) is 5.69 Å². The summed E-state index contributed by atoms with van der Waals surface area (Å²) in [4.78, 5) is 16.1. The highest BCUT2D eigenvalue weighted by Crippen LogP contribution is 2.16. The van der Waals surface area contributed by atoms with Gasteiger partial charge >= 0.3 is 0 Å². The predicted octanol–water partition coefficient (Wildman–Crippen LogP) is 3.35. The number of rotatable bonds is 5. The number of nitrogens with zero attached hydrogens (tertiary/aromatic N) is 2. The minimum Gasteiger partial charge on any atom is -0.349 e. The van der Waals surface area contributed by atoms with E-state index >= 15 is 0 Å². The molecular weight excluding hydrogens is 294 g/mol. The van der Waals surface area contributed by atoms with E-state index in [1.54, 1.807) is 23.9 Å². The van der Waals surface area contributed by atoms with E-state index in [4.69, 9.17) is 0 Å². The van der Waals surface area contributed by atoms with Gasteiger partial charge < -0.3 is 9.88 Å². The minimum absolute atomic E-state index is 0.0111. The first-order valence-corrected chi connectivity index (χ1v) is 8.05. The van der Waals surface area contributed by atoms with Crippen LogP contribution in [-0.2, 0) is 11.2 Å². The first-order chi connectivity index (χ1) is 10.7. The number of imidazole rings is 1. The molecular formula is C17H17N3OS. The van der Waals surface area contributed by atoms with Gasteiger partial charge in [-0.1, -0.05) is 12.1 Å². The molecule has 0 unspecified atom stereocenters. The van der Waals surface area contributed by atoms with E-state index in [1.807, 2.05) is 58.8 Å². The second kappa shape index (κ2) is 6.58. The molecule has 0 saturated carbocycles. The fourth-order valence-corrected chi connectivity index (χ4v) is 2.97. The predicted molar refractivity (Wildman–Crippen MR) is 88.1 cm³/mol. The van der Waals surface area contributed by atoms with Crippen LogP contribution < -0.4 is 5.32 Å². The van der Waals surface area contributed by atoms with Crippen LogP contribution in [0, 0.1) is 0 Å². The summed E-state index contributed by atoms with van der Waals surface area (Å²) in [7, 11) is 0. The molecule has 0 spiro atoms. The maximum Gasteiger partial charge on any atom is 0.224 e. The number of carbonyl (C=O) groups excluding carboxylic acids is 1. The van der Waals surface area contributed by atoms with Crippen LogP contribution in [0.1, 0.15) is 24.1 Å². The standard InChI is InChI=1S/C17H17N3OS/c1-13(19-17(21)10-14-6-9-22-11-14)15-2-4-16(5-3-15)20-8-7-18-12-20/h2-9,11-13H,10H2,1H3,(H,19,21)/t13-/m0/s1. The molecule has 1 N–H and O–H groups in total. The molecule has 22 heavy (non-hydrogen) atoms. The van der Waals surface area contributed by atoms with Crippen molar-refractivity contribution in [2.24, 2.45) is 0 Å². The zero-order chi connectivity index (χ0) is 15.4. The Balaban J connectivity index is 1.62. The van der Waals surface area contributed by atoms with E-state index in [2.05, 4.69) is 10.3 Å². The molecule has 1 amide bonds. The second-order valence-corrected chi connectivity index (χ2v) is 5.94. The Morgan fingerprint density at radius 3 is 2.77 bits per heavy atom. The fourth-order valence-electron chi connectivity index (χ4n) is 2.30. The molecule has 0 saturated heterocycles. The van der Waals surface area contributed by atoms with Crippen molar-refractivity contribution in [3.8, 4) is 5.69 Å². The summed E-state index contributed by atoms with van der Waals surface area (Å²) in [5.41, 5.74) is 3.20. The maximum absolute atomic E-state index is 12.0. The van der Waals surface area contributed by atoms with E-state index < -0.39 is 0 Å². The zero-order valence-electron chi connectivity index (χ0n) is 12.3. The van der Waals surface area contributed by atoms with E-state index in [-0.39, 0.29) is 11.9 Å². The summed E-state index contributed by atoms with van der Waals surface area (Å²) >= 11 is 1.61. The molecule has 0 aliphatic rings. The summed E-state index contributed by atoms with van der Waals surface area (Å²) in [6.07, 6.45) is 5.85. The van der Waals surface area contributed by atoms with Crippen molar-refractivity contribution in [1.29, 1.82) is 0 Å². The first-order valence-electron chi connectivity index (χ1n) is 7.11. The Morgan fingerprint density at radius 1 is 1.32 bits per heavy atom. The lowest BCUT2D eigenvalue weighted by Gasteiger charge is -2.15. The number of thiophene rings is 1. The largest absolute Gasteiger partial charge is 0.349 e. The summed E-state index contributed by atoms with van der Waals surface area (Å²) in [6.45, 7) is 2.00. The molecule has 0 aliphatic carbocycles. The van der Waals surface area contributed by atoms with Crippen molar-refractivity contribution in [3.05, 3.63) is 70.9 Å². The molecule has 2 heterocycles. The van der Waals surface area contributed by atoms with Gasteiger partial charge in [0.1, 0.15) is 0 Å². The highest BCUT2D eigenvalue weighted by Gasteiger charge is 2.10. The van der Waals surface area contributed by atoms with Crippen molar-refractivity contribution >= 4 is 17.2 Å². The molecule has 0 fully saturated rings. The quantitative estimate of drug-likeness (QED) is 0.785. The number of aromatic nitrogens is 2. The lowest BCUT2D eigenvalue weighted by atomic mass is 10.1. The molecule has 5 heteroatoms. The van der Waals surface area contributed by atoms with Crippen LogP contribution in [0.5, 0.6) is 0 Å². The van der Waals surface area contributed by atoms with Gasteiger partial charge in [-0.3, -0.25) is 4.79 Å². The topological polar surface area (TPSA) is 46.9 Å². The van der Waals surface area contributed by atoms with Gasteiger partial charge in [0, 0.05) is 18.1 Å². The third-order valence-corrected chi connectivity index (χ3v) is 4.25. The van der Waals surface area contributed by atoms with Gasteiger partial charge in [-0.2, -0.15) is 11.3 Å². The van der Waals surface area contributed by atoms with Gasteiger partial charge in [-0.25, -0.2) is 4.98 Å². The summed E-state index contributed by atoms with van der Waals surface area (Å²) in [6, 6.07) is 10.1. The van der Waals surface area contributed by atoms with Gasteiger partial charge in [-0.15, -0.1) is 0 Å². The Hall–Kier alpha value is -2.40. The molecule has 0 bridgehead atoms. The molecule has 2 aromatic heterocycles. The van der Waals surface area contributed by atoms with Crippen molar-refractivity contribution in [1.82, 2.24) is 14.9 Å². The molecule has 4 nitrogen and oxygen atoms in total. The Morgan fingerprint density at radius 2 is 2.14 bits per heavy atom. The monoisotopic (exact) mass is 311 g/mol. The second-order valence-electron chi connectivity index (χ2n) is 5.16. The average Bonchev–Trinajstić information content (AvgIpc) is 3.20. The number of carbonyl (C=O) groups is 1. The number of amides is 1. The van der Waals surface area contributed by atoms with E-state index in [0.29, 0.717) is 6.42 Å². The lowest BCUT2D eigenvalue weighted by Crippen LogP contribution is -2.27. The van der Waals surface area contributed by atoms with Crippen LogP contribution in [0.15, 0.2) is 59.8 Å². The molecule has 3 aromatic rings. The first kappa shape index (κ1) is 14.5. The molecule has 1 aromatic carbocycles. The van der Waals surface area contributed by atoms with Crippen molar-refractivity contribution < 1.29 is 4.79 Å². The Labute approximate surface area is 133 Å². The van der Waals surface area contributed by atoms with E-state index in [9.17, 15) is 4.79 Å². The minimum atomic E-state index is -0.0111. The molecule has 0 radical (unpaired) electrons. The third kappa shape index (κ3) is 3.43.